The van der Waals surface area contributed by atoms with Crippen LogP contribution in [0.25, 0.3) is 0 Å². The number of hydrogen-bond donors (Lipinski definition) is 0. The monoisotopic (exact) mass is 264 g/mol. The highest BCUT2D eigenvalue weighted by atomic mass is 16.2. The maximum atomic E-state index is 12.5. The summed E-state index contributed by atoms with van der Waals surface area (Å²) in [6.45, 7) is 5.93. The molecule has 3 heteroatoms. The summed E-state index contributed by atoms with van der Waals surface area (Å²) in [7, 11) is 0. The van der Waals surface area contributed by atoms with Gasteiger partial charge in [0.25, 0.3) is 5.91 Å². The van der Waals surface area contributed by atoms with E-state index in [1.165, 1.54) is 0 Å². The van der Waals surface area contributed by atoms with Gasteiger partial charge >= 0.3 is 0 Å². The van der Waals surface area contributed by atoms with Gasteiger partial charge in [-0.15, -0.1) is 0 Å². The molecule has 0 spiro atoms. The zero-order chi connectivity index (χ0) is 14.1. The third-order valence-corrected chi connectivity index (χ3v) is 3.58. The van der Waals surface area contributed by atoms with Crippen molar-refractivity contribution in [2.24, 2.45) is 0 Å². The van der Waals surface area contributed by atoms with Crippen molar-refractivity contribution in [1.29, 1.82) is 0 Å². The van der Waals surface area contributed by atoms with Crippen LogP contribution in [0.5, 0.6) is 0 Å². The molecule has 0 aromatic heterocycles. The van der Waals surface area contributed by atoms with Crippen molar-refractivity contribution in [3.8, 4) is 0 Å². The first kappa shape index (κ1) is 12.5. The summed E-state index contributed by atoms with van der Waals surface area (Å²) < 4.78 is 0. The SMILES string of the molecule is C=C1C(=O)N(c2ccccc2)N(c2ccccc2)C1C. The van der Waals surface area contributed by atoms with Gasteiger partial charge in [0, 0.05) is 5.57 Å². The van der Waals surface area contributed by atoms with E-state index in [4.69, 9.17) is 0 Å². The van der Waals surface area contributed by atoms with Crippen LogP contribution in [-0.2, 0) is 4.79 Å². The zero-order valence-corrected chi connectivity index (χ0v) is 11.4. The van der Waals surface area contributed by atoms with Crippen LogP contribution in [0.4, 0.5) is 11.4 Å². The van der Waals surface area contributed by atoms with Gasteiger partial charge in [-0.05, 0) is 31.2 Å². The Kier molecular flexibility index (Phi) is 3.03. The lowest BCUT2D eigenvalue weighted by Crippen LogP contribution is -2.42. The Morgan fingerprint density at radius 2 is 1.40 bits per heavy atom. The third kappa shape index (κ3) is 1.88. The quantitative estimate of drug-likeness (QED) is 0.776. The van der Waals surface area contributed by atoms with E-state index in [0.29, 0.717) is 5.57 Å². The van der Waals surface area contributed by atoms with Gasteiger partial charge in [0.1, 0.15) is 0 Å². The molecule has 1 amide bonds. The fraction of sp³-hybridized carbons (Fsp3) is 0.118. The van der Waals surface area contributed by atoms with Gasteiger partial charge < -0.3 is 0 Å². The number of carbonyl (C=O) groups excluding carboxylic acids is 1. The van der Waals surface area contributed by atoms with Crippen LogP contribution in [-0.4, -0.2) is 11.9 Å². The minimum Gasteiger partial charge on any atom is -0.271 e. The van der Waals surface area contributed by atoms with Gasteiger partial charge in [-0.3, -0.25) is 9.80 Å². The van der Waals surface area contributed by atoms with Crippen molar-refractivity contribution >= 4 is 17.3 Å². The lowest BCUT2D eigenvalue weighted by Gasteiger charge is -2.32. The molecule has 1 unspecified atom stereocenters. The molecule has 1 aliphatic rings. The molecule has 1 aliphatic heterocycles. The number of para-hydroxylation sites is 2. The standard InChI is InChI=1S/C17H16N2O/c1-13-14(2)18(15-9-5-3-6-10-15)19(17(13)20)16-11-7-4-8-12-16/h3-12,14H,1H2,2H3. The Morgan fingerprint density at radius 1 is 0.900 bits per heavy atom. The van der Waals surface area contributed by atoms with E-state index >= 15 is 0 Å². The highest BCUT2D eigenvalue weighted by molar-refractivity contribution is 6.11. The van der Waals surface area contributed by atoms with Crippen molar-refractivity contribution < 1.29 is 4.79 Å². The highest BCUT2D eigenvalue weighted by Gasteiger charge is 2.39. The summed E-state index contributed by atoms with van der Waals surface area (Å²) >= 11 is 0. The van der Waals surface area contributed by atoms with Crippen LogP contribution in [0.3, 0.4) is 0 Å². The second kappa shape index (κ2) is 4.85. The molecule has 2 aromatic carbocycles. The second-order valence-corrected chi connectivity index (χ2v) is 4.83. The Hall–Kier alpha value is -2.55. The Bertz CT molecular complexity index is 637. The van der Waals surface area contributed by atoms with E-state index in [1.807, 2.05) is 72.6 Å². The molecule has 3 rings (SSSR count). The van der Waals surface area contributed by atoms with Crippen LogP contribution in [0.15, 0.2) is 72.8 Å². The maximum absolute atomic E-state index is 12.5. The molecule has 2 aromatic rings. The van der Waals surface area contributed by atoms with Crippen LogP contribution >= 0.6 is 0 Å². The molecule has 1 fully saturated rings. The number of nitrogens with zero attached hydrogens (tertiary/aromatic N) is 2. The number of hydrogen-bond acceptors (Lipinski definition) is 2. The number of anilines is 2. The van der Waals surface area contributed by atoms with E-state index in [0.717, 1.165) is 11.4 Å². The van der Waals surface area contributed by atoms with Crippen LogP contribution in [0.2, 0.25) is 0 Å². The van der Waals surface area contributed by atoms with Crippen LogP contribution < -0.4 is 10.0 Å². The van der Waals surface area contributed by atoms with Gasteiger partial charge in [0.2, 0.25) is 0 Å². The van der Waals surface area contributed by atoms with E-state index < -0.39 is 0 Å². The Morgan fingerprint density at radius 3 is 1.95 bits per heavy atom. The molecule has 0 aliphatic carbocycles. The Balaban J connectivity index is 2.10. The van der Waals surface area contributed by atoms with Crippen molar-refractivity contribution in [3.63, 3.8) is 0 Å². The summed E-state index contributed by atoms with van der Waals surface area (Å²) in [5.74, 6) is -0.0486. The molecule has 20 heavy (non-hydrogen) atoms. The number of amides is 1. The normalized spacial score (nSPS) is 18.8. The first-order valence-corrected chi connectivity index (χ1v) is 6.62. The van der Waals surface area contributed by atoms with Gasteiger partial charge in [-0.2, -0.15) is 0 Å². The average Bonchev–Trinajstić information content (AvgIpc) is 2.73. The molecule has 1 saturated heterocycles. The van der Waals surface area contributed by atoms with Crippen molar-refractivity contribution in [2.45, 2.75) is 13.0 Å². The smallest absolute Gasteiger partial charge is 0.271 e. The minimum absolute atomic E-state index is 0.0486. The fourth-order valence-electron chi connectivity index (χ4n) is 2.46. The molecule has 100 valence electrons. The lowest BCUT2D eigenvalue weighted by atomic mass is 10.1. The topological polar surface area (TPSA) is 23.6 Å². The van der Waals surface area contributed by atoms with E-state index in [2.05, 4.69) is 6.58 Å². The molecular formula is C17H16N2O. The number of rotatable bonds is 2. The molecular weight excluding hydrogens is 248 g/mol. The summed E-state index contributed by atoms with van der Waals surface area (Å²) in [6, 6.07) is 19.5. The molecule has 0 bridgehead atoms. The molecule has 0 N–H and O–H groups in total. The summed E-state index contributed by atoms with van der Waals surface area (Å²) in [6.07, 6.45) is 0. The summed E-state index contributed by atoms with van der Waals surface area (Å²) in [5, 5.41) is 3.68. The maximum Gasteiger partial charge on any atom is 0.274 e. The van der Waals surface area contributed by atoms with E-state index in [9.17, 15) is 4.79 Å². The average molecular weight is 264 g/mol. The molecule has 1 atom stereocenters. The second-order valence-electron chi connectivity index (χ2n) is 4.83. The molecule has 0 radical (unpaired) electrons. The number of carbonyl (C=O) groups is 1. The number of hydrazine groups is 1. The summed E-state index contributed by atoms with van der Waals surface area (Å²) in [4.78, 5) is 12.5. The fourth-order valence-corrected chi connectivity index (χ4v) is 2.46. The molecule has 1 heterocycles. The van der Waals surface area contributed by atoms with Gasteiger partial charge in [0.05, 0.1) is 17.4 Å². The van der Waals surface area contributed by atoms with Crippen molar-refractivity contribution in [2.75, 3.05) is 10.0 Å². The predicted octanol–water partition coefficient (Wildman–Crippen LogP) is 3.40. The van der Waals surface area contributed by atoms with Crippen molar-refractivity contribution in [3.05, 3.63) is 72.8 Å². The predicted molar refractivity (Wildman–Crippen MR) is 81.5 cm³/mol. The zero-order valence-electron chi connectivity index (χ0n) is 11.4. The van der Waals surface area contributed by atoms with Crippen LogP contribution in [0, 0.1) is 0 Å². The van der Waals surface area contributed by atoms with E-state index in [-0.39, 0.29) is 11.9 Å². The third-order valence-electron chi connectivity index (χ3n) is 3.58. The Labute approximate surface area is 118 Å². The van der Waals surface area contributed by atoms with E-state index in [1.54, 1.807) is 5.01 Å². The van der Waals surface area contributed by atoms with Crippen LogP contribution in [0.1, 0.15) is 6.92 Å². The molecule has 0 saturated carbocycles. The minimum atomic E-state index is -0.0508. The van der Waals surface area contributed by atoms with Gasteiger partial charge in [0.15, 0.2) is 0 Å². The van der Waals surface area contributed by atoms with Crippen molar-refractivity contribution in [1.82, 2.24) is 0 Å². The lowest BCUT2D eigenvalue weighted by molar-refractivity contribution is -0.114. The highest BCUT2D eigenvalue weighted by Crippen LogP contribution is 2.33. The first-order valence-electron chi connectivity index (χ1n) is 6.62. The number of benzene rings is 2. The first-order chi connectivity index (χ1) is 9.70. The summed E-state index contributed by atoms with van der Waals surface area (Å²) in [5.41, 5.74) is 2.44. The van der Waals surface area contributed by atoms with Gasteiger partial charge in [-0.1, -0.05) is 43.0 Å². The largest absolute Gasteiger partial charge is 0.274 e. The molecule has 3 nitrogen and oxygen atoms in total. The van der Waals surface area contributed by atoms with Gasteiger partial charge in [-0.25, -0.2) is 5.01 Å².